The fourth-order valence-corrected chi connectivity index (χ4v) is 2.75. The van der Waals surface area contributed by atoms with Gasteiger partial charge in [0.15, 0.2) is 5.96 Å². The molecule has 0 aliphatic heterocycles. The molecular weight excluding hydrogens is 415 g/mol. The Morgan fingerprint density at radius 2 is 2.19 bits per heavy atom. The minimum atomic E-state index is 0. The van der Waals surface area contributed by atoms with Crippen LogP contribution < -0.4 is 10.6 Å². The molecule has 1 aromatic rings. The zero-order valence-corrected chi connectivity index (χ0v) is 17.3. The molecular formula is C14H27IN4S2. The van der Waals surface area contributed by atoms with Gasteiger partial charge in [0.25, 0.3) is 0 Å². The molecule has 0 bridgehead atoms. The van der Waals surface area contributed by atoms with Gasteiger partial charge in [0.05, 0.1) is 17.2 Å². The number of hydrogen-bond donors (Lipinski definition) is 2. The van der Waals surface area contributed by atoms with Crippen LogP contribution in [0.5, 0.6) is 0 Å². The average molecular weight is 442 g/mol. The van der Waals surface area contributed by atoms with E-state index in [9.17, 15) is 0 Å². The molecule has 1 aromatic heterocycles. The van der Waals surface area contributed by atoms with E-state index in [1.807, 2.05) is 11.8 Å². The maximum atomic E-state index is 4.64. The molecule has 0 saturated carbocycles. The highest BCUT2D eigenvalue weighted by Crippen LogP contribution is 2.19. The van der Waals surface area contributed by atoms with Crippen molar-refractivity contribution in [1.29, 1.82) is 0 Å². The van der Waals surface area contributed by atoms with Crippen LogP contribution in [0.25, 0.3) is 0 Å². The van der Waals surface area contributed by atoms with Crippen LogP contribution in [-0.2, 0) is 6.42 Å². The van der Waals surface area contributed by atoms with Crippen LogP contribution in [0.4, 0.5) is 0 Å². The molecule has 0 radical (unpaired) electrons. The third-order valence-electron chi connectivity index (χ3n) is 2.65. The Hall–Kier alpha value is -0.0200. The fraction of sp³-hybridized carbons (Fsp3) is 0.714. The summed E-state index contributed by atoms with van der Waals surface area (Å²) in [6.07, 6.45) is 3.04. The molecule has 4 nitrogen and oxygen atoms in total. The molecule has 0 aliphatic carbocycles. The normalized spacial score (nSPS) is 11.4. The van der Waals surface area contributed by atoms with E-state index in [2.05, 4.69) is 53.0 Å². The molecule has 21 heavy (non-hydrogen) atoms. The topological polar surface area (TPSA) is 49.3 Å². The Morgan fingerprint density at radius 1 is 1.43 bits per heavy atom. The molecule has 0 spiro atoms. The first-order chi connectivity index (χ1) is 9.67. The van der Waals surface area contributed by atoms with Gasteiger partial charge in [0.1, 0.15) is 0 Å². The van der Waals surface area contributed by atoms with Crippen LogP contribution in [0.3, 0.4) is 0 Å². The van der Waals surface area contributed by atoms with E-state index in [1.165, 1.54) is 10.7 Å². The smallest absolute Gasteiger partial charge is 0.191 e. The van der Waals surface area contributed by atoms with Crippen molar-refractivity contribution in [3.05, 3.63) is 16.1 Å². The van der Waals surface area contributed by atoms with E-state index in [1.54, 1.807) is 11.3 Å². The van der Waals surface area contributed by atoms with E-state index in [-0.39, 0.29) is 24.0 Å². The van der Waals surface area contributed by atoms with E-state index in [0.29, 0.717) is 5.92 Å². The summed E-state index contributed by atoms with van der Waals surface area (Å²) in [4.78, 5) is 9.17. The number of aromatic nitrogens is 1. The maximum Gasteiger partial charge on any atom is 0.191 e. The van der Waals surface area contributed by atoms with Crippen molar-refractivity contribution in [1.82, 2.24) is 15.6 Å². The second-order valence-electron chi connectivity index (χ2n) is 4.76. The molecule has 122 valence electrons. The lowest BCUT2D eigenvalue weighted by Gasteiger charge is -2.10. The van der Waals surface area contributed by atoms with Gasteiger partial charge in [-0.15, -0.1) is 35.3 Å². The maximum absolute atomic E-state index is 4.64. The molecule has 1 rings (SSSR count). The number of nitrogens with one attached hydrogen (secondary N) is 2. The Morgan fingerprint density at radius 3 is 2.76 bits per heavy atom. The van der Waals surface area contributed by atoms with Gasteiger partial charge in [-0.1, -0.05) is 13.8 Å². The first kappa shape index (κ1) is 21.0. The highest BCUT2D eigenvalue weighted by atomic mass is 127. The molecule has 7 heteroatoms. The summed E-state index contributed by atoms with van der Waals surface area (Å²) in [5.41, 5.74) is 1.17. The average Bonchev–Trinajstić information content (AvgIpc) is 2.88. The highest BCUT2D eigenvalue weighted by molar-refractivity contribution is 14.0. The molecule has 0 unspecified atom stereocenters. The number of thiazole rings is 1. The second kappa shape index (κ2) is 12.5. The summed E-state index contributed by atoms with van der Waals surface area (Å²) < 4.78 is 0. The van der Waals surface area contributed by atoms with Gasteiger partial charge < -0.3 is 10.6 Å². The SMILES string of the molecule is CCNC(=NCCSC)NCCc1csc(C(C)C)n1.I. The van der Waals surface area contributed by atoms with Gasteiger partial charge in [-0.3, -0.25) is 4.99 Å². The third kappa shape index (κ3) is 8.87. The molecule has 0 aliphatic rings. The number of hydrogen-bond acceptors (Lipinski definition) is 4. The first-order valence-electron chi connectivity index (χ1n) is 7.12. The highest BCUT2D eigenvalue weighted by Gasteiger charge is 2.05. The van der Waals surface area contributed by atoms with Gasteiger partial charge in [0, 0.05) is 36.6 Å². The predicted molar refractivity (Wildman–Crippen MR) is 108 cm³/mol. The zero-order chi connectivity index (χ0) is 14.8. The minimum Gasteiger partial charge on any atom is -0.357 e. The monoisotopic (exact) mass is 442 g/mol. The summed E-state index contributed by atoms with van der Waals surface area (Å²) in [7, 11) is 0. The first-order valence-corrected chi connectivity index (χ1v) is 9.40. The summed E-state index contributed by atoms with van der Waals surface area (Å²) in [5, 5.41) is 10.0. The summed E-state index contributed by atoms with van der Waals surface area (Å²) in [5.74, 6) is 2.48. The summed E-state index contributed by atoms with van der Waals surface area (Å²) in [6, 6.07) is 0. The van der Waals surface area contributed by atoms with Gasteiger partial charge in [-0.25, -0.2) is 4.98 Å². The van der Waals surface area contributed by atoms with Crippen LogP contribution in [0, 0.1) is 0 Å². The minimum absolute atomic E-state index is 0. The van der Waals surface area contributed by atoms with Crippen molar-refractivity contribution < 1.29 is 0 Å². The van der Waals surface area contributed by atoms with E-state index >= 15 is 0 Å². The quantitative estimate of drug-likeness (QED) is 0.281. The van der Waals surface area contributed by atoms with E-state index in [0.717, 1.165) is 37.8 Å². The lowest BCUT2D eigenvalue weighted by Crippen LogP contribution is -2.38. The summed E-state index contributed by atoms with van der Waals surface area (Å²) in [6.45, 7) is 9.06. The van der Waals surface area contributed by atoms with Crippen molar-refractivity contribution in [3.63, 3.8) is 0 Å². The van der Waals surface area contributed by atoms with Crippen LogP contribution in [0.15, 0.2) is 10.4 Å². The third-order valence-corrected chi connectivity index (χ3v) is 4.43. The number of halogens is 1. The molecule has 1 heterocycles. The summed E-state index contributed by atoms with van der Waals surface area (Å²) >= 11 is 3.57. The zero-order valence-electron chi connectivity index (χ0n) is 13.3. The van der Waals surface area contributed by atoms with Crippen molar-refractivity contribution in [2.24, 2.45) is 4.99 Å². The van der Waals surface area contributed by atoms with Crippen molar-refractivity contribution in [2.75, 3.05) is 31.6 Å². The molecule has 0 aromatic carbocycles. The van der Waals surface area contributed by atoms with E-state index in [4.69, 9.17) is 0 Å². The van der Waals surface area contributed by atoms with Gasteiger partial charge in [-0.2, -0.15) is 11.8 Å². The van der Waals surface area contributed by atoms with Gasteiger partial charge in [0.2, 0.25) is 0 Å². The van der Waals surface area contributed by atoms with Crippen molar-refractivity contribution in [2.45, 2.75) is 33.1 Å². The molecule has 2 N–H and O–H groups in total. The molecule has 0 atom stereocenters. The Bertz CT molecular complexity index is 407. The molecule has 0 saturated heterocycles. The Labute approximate surface area is 154 Å². The lowest BCUT2D eigenvalue weighted by molar-refractivity contribution is 0.783. The number of thioether (sulfide) groups is 1. The Kier molecular flexibility index (Phi) is 12.5. The lowest BCUT2D eigenvalue weighted by atomic mass is 10.2. The van der Waals surface area contributed by atoms with Crippen molar-refractivity contribution >= 4 is 53.0 Å². The number of aliphatic imine (C=N–C) groups is 1. The standard InChI is InChI=1S/C14H26N4S2.HI/c1-5-15-14(17-8-9-19-4)16-7-6-12-10-20-13(18-12)11(2)3;/h10-11H,5-9H2,1-4H3,(H2,15,16,17);1H. The number of guanidine groups is 1. The largest absolute Gasteiger partial charge is 0.357 e. The second-order valence-corrected chi connectivity index (χ2v) is 6.64. The molecule has 0 amide bonds. The van der Waals surface area contributed by atoms with Crippen molar-refractivity contribution in [3.8, 4) is 0 Å². The fourth-order valence-electron chi connectivity index (χ4n) is 1.60. The van der Waals surface area contributed by atoms with Gasteiger partial charge >= 0.3 is 0 Å². The van der Waals surface area contributed by atoms with E-state index < -0.39 is 0 Å². The predicted octanol–water partition coefficient (Wildman–Crippen LogP) is 3.35. The van der Waals surface area contributed by atoms with Gasteiger partial charge in [-0.05, 0) is 13.2 Å². The molecule has 0 fully saturated rings. The Balaban J connectivity index is 0.00000400. The number of rotatable bonds is 8. The van der Waals surface area contributed by atoms with Crippen LogP contribution in [0.1, 0.15) is 37.4 Å². The number of nitrogens with zero attached hydrogens (tertiary/aromatic N) is 2. The van der Waals surface area contributed by atoms with Crippen LogP contribution in [0.2, 0.25) is 0 Å². The van der Waals surface area contributed by atoms with Crippen LogP contribution in [-0.4, -0.2) is 42.6 Å². The van der Waals surface area contributed by atoms with Crippen LogP contribution >= 0.6 is 47.1 Å².